The van der Waals surface area contributed by atoms with Crippen molar-refractivity contribution < 1.29 is 9.53 Å². The standard InChI is InChI=1S/C20H25N5O2/c1-24(2)18-5-3-16(4-6-18)15-22-23-20(26)19(17-7-9-21-10-8-17)25-11-13-27-14-12-25/h3-10,15,19H,11-14H2,1-2H3,(H,23,26)/b22-15-/t19-/m1/s1. The summed E-state index contributed by atoms with van der Waals surface area (Å²) in [7, 11) is 3.99. The first-order chi connectivity index (χ1) is 13.1. The predicted octanol–water partition coefficient (Wildman–Crippen LogP) is 1.67. The average Bonchev–Trinajstić information content (AvgIpc) is 2.70. The van der Waals surface area contributed by atoms with Gasteiger partial charge in [-0.25, -0.2) is 5.43 Å². The summed E-state index contributed by atoms with van der Waals surface area (Å²) in [5, 5.41) is 4.15. The summed E-state index contributed by atoms with van der Waals surface area (Å²) >= 11 is 0. The first-order valence-corrected chi connectivity index (χ1v) is 8.97. The molecule has 0 bridgehead atoms. The van der Waals surface area contributed by atoms with E-state index in [0.29, 0.717) is 26.3 Å². The van der Waals surface area contributed by atoms with Crippen LogP contribution in [0.4, 0.5) is 5.69 Å². The van der Waals surface area contributed by atoms with Gasteiger partial charge in [0.1, 0.15) is 6.04 Å². The molecule has 7 nitrogen and oxygen atoms in total. The number of amides is 1. The second-order valence-electron chi connectivity index (χ2n) is 6.55. The SMILES string of the molecule is CN(C)c1ccc(/C=N\NC(=O)[C@@H](c2ccncc2)N2CCOCC2)cc1. The van der Waals surface area contributed by atoms with Gasteiger partial charge in [-0.3, -0.25) is 14.7 Å². The highest BCUT2D eigenvalue weighted by atomic mass is 16.5. The van der Waals surface area contributed by atoms with Crippen molar-refractivity contribution in [3.8, 4) is 0 Å². The summed E-state index contributed by atoms with van der Waals surface area (Å²) in [5.74, 6) is -0.163. The maximum Gasteiger partial charge on any atom is 0.262 e. The van der Waals surface area contributed by atoms with Crippen LogP contribution >= 0.6 is 0 Å². The molecule has 1 N–H and O–H groups in total. The fourth-order valence-corrected chi connectivity index (χ4v) is 3.00. The molecule has 1 atom stereocenters. The summed E-state index contributed by atoms with van der Waals surface area (Å²) in [6.07, 6.45) is 5.05. The largest absolute Gasteiger partial charge is 0.379 e. The van der Waals surface area contributed by atoms with Crippen molar-refractivity contribution in [3.63, 3.8) is 0 Å². The number of hydrogen-bond donors (Lipinski definition) is 1. The fourth-order valence-electron chi connectivity index (χ4n) is 3.00. The quantitative estimate of drug-likeness (QED) is 0.621. The van der Waals surface area contributed by atoms with Crippen molar-refractivity contribution in [2.24, 2.45) is 5.10 Å². The summed E-state index contributed by atoms with van der Waals surface area (Å²) < 4.78 is 5.41. The normalized spacial score (nSPS) is 16.2. The molecule has 142 valence electrons. The molecule has 1 aliphatic heterocycles. The molecule has 7 heteroatoms. The minimum Gasteiger partial charge on any atom is -0.379 e. The van der Waals surface area contributed by atoms with Crippen LogP contribution in [0, 0.1) is 0 Å². The van der Waals surface area contributed by atoms with Crippen LogP contribution < -0.4 is 10.3 Å². The highest BCUT2D eigenvalue weighted by Gasteiger charge is 2.28. The van der Waals surface area contributed by atoms with E-state index in [-0.39, 0.29) is 5.91 Å². The third kappa shape index (κ3) is 5.12. The molecule has 1 aromatic carbocycles. The fraction of sp³-hybridized carbons (Fsp3) is 0.350. The number of hydrogen-bond acceptors (Lipinski definition) is 6. The lowest BCUT2D eigenvalue weighted by atomic mass is 10.1. The number of carbonyl (C=O) groups is 1. The van der Waals surface area contributed by atoms with Crippen LogP contribution in [0.5, 0.6) is 0 Å². The third-order valence-corrected chi connectivity index (χ3v) is 4.48. The monoisotopic (exact) mass is 367 g/mol. The molecule has 1 aromatic heterocycles. The lowest BCUT2D eigenvalue weighted by Crippen LogP contribution is -2.44. The van der Waals surface area contributed by atoms with Crippen molar-refractivity contribution >= 4 is 17.8 Å². The van der Waals surface area contributed by atoms with Gasteiger partial charge in [-0.15, -0.1) is 0 Å². The van der Waals surface area contributed by atoms with Gasteiger partial charge in [-0.05, 0) is 35.4 Å². The van der Waals surface area contributed by atoms with Crippen molar-refractivity contribution in [2.75, 3.05) is 45.3 Å². The molecule has 0 spiro atoms. The van der Waals surface area contributed by atoms with Crippen LogP contribution in [-0.2, 0) is 9.53 Å². The molecule has 1 saturated heterocycles. The number of ether oxygens (including phenoxy) is 1. The van der Waals surface area contributed by atoms with Crippen LogP contribution in [0.2, 0.25) is 0 Å². The molecule has 0 saturated carbocycles. The van der Waals surface area contributed by atoms with Crippen LogP contribution in [-0.4, -0.2) is 62.4 Å². The molecule has 0 aliphatic carbocycles. The van der Waals surface area contributed by atoms with Crippen LogP contribution in [0.1, 0.15) is 17.2 Å². The minimum atomic E-state index is -0.412. The van der Waals surface area contributed by atoms with E-state index in [4.69, 9.17) is 4.74 Å². The van der Waals surface area contributed by atoms with E-state index in [9.17, 15) is 4.79 Å². The number of morpholine rings is 1. The smallest absolute Gasteiger partial charge is 0.262 e. The molecule has 3 rings (SSSR count). The molecule has 2 aromatic rings. The molecular weight excluding hydrogens is 342 g/mol. The second kappa shape index (κ2) is 9.25. The van der Waals surface area contributed by atoms with Crippen molar-refractivity contribution in [2.45, 2.75) is 6.04 Å². The van der Waals surface area contributed by atoms with Gasteiger partial charge >= 0.3 is 0 Å². The Bertz CT molecular complexity index is 756. The molecule has 1 fully saturated rings. The summed E-state index contributed by atoms with van der Waals surface area (Å²) in [6.45, 7) is 2.65. The highest BCUT2D eigenvalue weighted by Crippen LogP contribution is 2.21. The zero-order valence-electron chi connectivity index (χ0n) is 15.7. The number of aromatic nitrogens is 1. The van der Waals surface area contributed by atoms with E-state index in [1.54, 1.807) is 18.6 Å². The molecule has 0 unspecified atom stereocenters. The van der Waals surface area contributed by atoms with Gasteiger partial charge in [-0.1, -0.05) is 12.1 Å². The number of nitrogens with zero attached hydrogens (tertiary/aromatic N) is 4. The second-order valence-corrected chi connectivity index (χ2v) is 6.55. The molecule has 1 amide bonds. The molecule has 1 aliphatic rings. The van der Waals surface area contributed by atoms with Gasteiger partial charge in [0.2, 0.25) is 0 Å². The molecular formula is C20H25N5O2. The van der Waals surface area contributed by atoms with E-state index >= 15 is 0 Å². The van der Waals surface area contributed by atoms with E-state index < -0.39 is 6.04 Å². The Hall–Kier alpha value is -2.77. The molecule has 0 radical (unpaired) electrons. The predicted molar refractivity (Wildman–Crippen MR) is 106 cm³/mol. The van der Waals surface area contributed by atoms with Crippen molar-refractivity contribution in [1.82, 2.24) is 15.3 Å². The number of nitrogens with one attached hydrogen (secondary N) is 1. The molecule has 2 heterocycles. The van der Waals surface area contributed by atoms with Crippen LogP contribution in [0.15, 0.2) is 53.9 Å². The van der Waals surface area contributed by atoms with Gasteiger partial charge in [0.15, 0.2) is 0 Å². The van der Waals surface area contributed by atoms with Crippen LogP contribution in [0.25, 0.3) is 0 Å². The van der Waals surface area contributed by atoms with Gasteiger partial charge in [0.25, 0.3) is 5.91 Å². The Balaban J connectivity index is 1.68. The third-order valence-electron chi connectivity index (χ3n) is 4.48. The van der Waals surface area contributed by atoms with Crippen LogP contribution in [0.3, 0.4) is 0 Å². The summed E-state index contributed by atoms with van der Waals surface area (Å²) in [4.78, 5) is 21.0. The van der Waals surface area contributed by atoms with Gasteiger partial charge in [-0.2, -0.15) is 5.10 Å². The topological polar surface area (TPSA) is 70.1 Å². The Morgan fingerprint density at radius 1 is 1.19 bits per heavy atom. The first kappa shape index (κ1) is 19.0. The Kier molecular flexibility index (Phi) is 6.51. The summed E-state index contributed by atoms with van der Waals surface area (Å²) in [6, 6.07) is 11.3. The van der Waals surface area contributed by atoms with Crippen molar-refractivity contribution in [1.29, 1.82) is 0 Å². The Labute approximate surface area is 159 Å². The first-order valence-electron chi connectivity index (χ1n) is 8.97. The van der Waals surface area contributed by atoms with Gasteiger partial charge in [0, 0.05) is 45.3 Å². The van der Waals surface area contributed by atoms with E-state index in [1.165, 1.54) is 0 Å². The van der Waals surface area contributed by atoms with Gasteiger partial charge in [0.05, 0.1) is 19.4 Å². The number of pyridine rings is 1. The maximum atomic E-state index is 12.8. The minimum absolute atomic E-state index is 0.163. The zero-order valence-corrected chi connectivity index (χ0v) is 15.7. The van der Waals surface area contributed by atoms with E-state index in [0.717, 1.165) is 16.8 Å². The van der Waals surface area contributed by atoms with E-state index in [1.807, 2.05) is 55.4 Å². The number of hydrazone groups is 1. The Morgan fingerprint density at radius 2 is 1.85 bits per heavy atom. The number of anilines is 1. The summed E-state index contributed by atoms with van der Waals surface area (Å²) in [5.41, 5.74) is 5.62. The lowest BCUT2D eigenvalue weighted by Gasteiger charge is -2.33. The Morgan fingerprint density at radius 3 is 2.48 bits per heavy atom. The zero-order chi connectivity index (χ0) is 19.1. The number of rotatable bonds is 6. The van der Waals surface area contributed by atoms with E-state index in [2.05, 4.69) is 20.4 Å². The molecule has 27 heavy (non-hydrogen) atoms. The number of carbonyl (C=O) groups excluding carboxylic acids is 1. The average molecular weight is 367 g/mol. The highest BCUT2D eigenvalue weighted by molar-refractivity contribution is 5.86. The van der Waals surface area contributed by atoms with Crippen molar-refractivity contribution in [3.05, 3.63) is 59.9 Å². The number of benzene rings is 1. The maximum absolute atomic E-state index is 12.8. The lowest BCUT2D eigenvalue weighted by molar-refractivity contribution is -0.128. The van der Waals surface area contributed by atoms with Gasteiger partial charge < -0.3 is 9.64 Å².